The maximum absolute atomic E-state index is 13.9. The van der Waals surface area contributed by atoms with E-state index in [2.05, 4.69) is 35.5 Å². The number of primary amides is 1. The van der Waals surface area contributed by atoms with Gasteiger partial charge in [-0.1, -0.05) is 32.0 Å². The predicted molar refractivity (Wildman–Crippen MR) is 179 cm³/mol. The molecule has 5 aromatic rings. The monoisotopic (exact) mass is 634 g/mol. The molecule has 4 N–H and O–H groups in total. The summed E-state index contributed by atoms with van der Waals surface area (Å²) in [6.07, 6.45) is 7.87. The van der Waals surface area contributed by atoms with Crippen LogP contribution in [-0.4, -0.2) is 32.8 Å². The molecule has 1 aromatic carbocycles. The molecule has 0 radical (unpaired) electrons. The van der Waals surface area contributed by atoms with Crippen LogP contribution in [-0.2, 0) is 25.7 Å². The summed E-state index contributed by atoms with van der Waals surface area (Å²) in [5, 5.41) is 7.76. The van der Waals surface area contributed by atoms with Crippen molar-refractivity contribution >= 4 is 39.1 Å². The van der Waals surface area contributed by atoms with E-state index in [9.17, 15) is 14.0 Å². The Morgan fingerprint density at radius 3 is 2.72 bits per heavy atom. The molecule has 2 aliphatic rings. The Labute approximate surface area is 270 Å². The Morgan fingerprint density at radius 2 is 1.93 bits per heavy atom. The molecule has 5 heterocycles. The second kappa shape index (κ2) is 12.2. The number of hydrogen-bond donors (Lipinski definition) is 3. The van der Waals surface area contributed by atoms with Gasteiger partial charge in [0.15, 0.2) is 0 Å². The number of aryl methyl sites for hydroxylation is 2. The molecule has 234 valence electrons. The molecule has 1 aliphatic heterocycles. The first kappa shape index (κ1) is 30.0. The van der Waals surface area contributed by atoms with Crippen molar-refractivity contribution < 1.29 is 14.0 Å². The van der Waals surface area contributed by atoms with E-state index in [1.807, 2.05) is 24.4 Å². The molecule has 0 fully saturated rings. The van der Waals surface area contributed by atoms with Crippen molar-refractivity contribution in [2.45, 2.75) is 64.5 Å². The molecule has 8 nitrogen and oxygen atoms in total. The summed E-state index contributed by atoms with van der Waals surface area (Å²) >= 11 is 1.50. The molecule has 10 heteroatoms. The summed E-state index contributed by atoms with van der Waals surface area (Å²) in [5.41, 5.74) is 11.9. The lowest BCUT2D eigenvalue weighted by atomic mass is 9.87. The number of nitrogens with two attached hydrogens (primary N) is 1. The largest absolute Gasteiger partial charge is 0.366 e. The molecule has 4 aromatic heterocycles. The second-order valence-electron chi connectivity index (χ2n) is 12.6. The van der Waals surface area contributed by atoms with Gasteiger partial charge in [0, 0.05) is 41.0 Å². The lowest BCUT2D eigenvalue weighted by Gasteiger charge is -2.28. The number of pyridine rings is 3. The molecule has 2 amide bonds. The predicted octanol–water partition coefficient (Wildman–Crippen LogP) is 6.58. The first-order chi connectivity index (χ1) is 22.2. The summed E-state index contributed by atoms with van der Waals surface area (Å²) in [7, 11) is 0. The smallest absolute Gasteiger partial charge is 0.254 e. The van der Waals surface area contributed by atoms with Crippen LogP contribution in [0.1, 0.15) is 81.7 Å². The van der Waals surface area contributed by atoms with E-state index in [-0.39, 0.29) is 29.7 Å². The van der Waals surface area contributed by atoms with Crippen molar-refractivity contribution in [3.05, 3.63) is 106 Å². The molecule has 2 atom stereocenters. The Balaban J connectivity index is 1.29. The number of thiophene rings is 1. The minimum absolute atomic E-state index is 0.0949. The lowest BCUT2D eigenvalue weighted by Crippen LogP contribution is -2.43. The van der Waals surface area contributed by atoms with Crippen molar-refractivity contribution in [1.82, 2.24) is 20.3 Å². The third-order valence-corrected chi connectivity index (χ3v) is 10.0. The van der Waals surface area contributed by atoms with E-state index in [0.717, 1.165) is 44.9 Å². The summed E-state index contributed by atoms with van der Waals surface area (Å²) in [4.78, 5) is 42.0. The fourth-order valence-corrected chi connectivity index (χ4v) is 7.92. The molecule has 0 saturated carbocycles. The third-order valence-electron chi connectivity index (χ3n) is 8.85. The van der Waals surface area contributed by atoms with Gasteiger partial charge in [0.1, 0.15) is 11.6 Å². The van der Waals surface area contributed by atoms with Gasteiger partial charge in [-0.2, -0.15) is 0 Å². The fraction of sp³-hybridized carbons (Fsp3) is 0.306. The van der Waals surface area contributed by atoms with Crippen molar-refractivity contribution in [3.63, 3.8) is 0 Å². The zero-order valence-electron chi connectivity index (χ0n) is 25.8. The number of nitrogens with zero attached hydrogens (tertiary/aromatic N) is 3. The molecule has 46 heavy (non-hydrogen) atoms. The minimum Gasteiger partial charge on any atom is -0.366 e. The highest BCUT2D eigenvalue weighted by atomic mass is 32.1. The number of carbonyl (C=O) groups is 2. The molecule has 1 aliphatic carbocycles. The SMILES string of the molecule is CC(C)Cc1nc2c(c(-c3cc4ccnc(N[C@@H]5CCc6ncccc65)c4s3)c1C(N)=O)C(=O)N[C@@H](CCc1ccc(F)cc1)C2. The van der Waals surface area contributed by atoms with Crippen molar-refractivity contribution in [1.29, 1.82) is 0 Å². The summed E-state index contributed by atoms with van der Waals surface area (Å²) < 4.78 is 14.4. The topological polar surface area (TPSA) is 123 Å². The number of benzene rings is 1. The van der Waals surface area contributed by atoms with Gasteiger partial charge < -0.3 is 16.4 Å². The number of hydrogen-bond acceptors (Lipinski definition) is 7. The number of nitrogens with one attached hydrogen (secondary N) is 2. The minimum atomic E-state index is -0.601. The van der Waals surface area contributed by atoms with E-state index in [1.165, 1.54) is 29.0 Å². The van der Waals surface area contributed by atoms with Crippen LogP contribution in [0.2, 0.25) is 0 Å². The van der Waals surface area contributed by atoms with E-state index in [0.29, 0.717) is 53.8 Å². The Bertz CT molecular complexity index is 1970. The average molecular weight is 635 g/mol. The van der Waals surface area contributed by atoms with Crippen molar-refractivity contribution in [2.24, 2.45) is 11.7 Å². The first-order valence-electron chi connectivity index (χ1n) is 15.7. The van der Waals surface area contributed by atoms with Crippen LogP contribution in [0.5, 0.6) is 0 Å². The zero-order valence-corrected chi connectivity index (χ0v) is 26.6. The van der Waals surface area contributed by atoms with E-state index >= 15 is 0 Å². The Kier molecular flexibility index (Phi) is 7.98. The van der Waals surface area contributed by atoms with Gasteiger partial charge >= 0.3 is 0 Å². The number of halogens is 1. The van der Waals surface area contributed by atoms with Gasteiger partial charge in [0.25, 0.3) is 11.8 Å². The highest BCUT2D eigenvalue weighted by Gasteiger charge is 2.34. The average Bonchev–Trinajstić information content (AvgIpc) is 3.65. The quantitative estimate of drug-likeness (QED) is 0.168. The Hall–Kier alpha value is -4.70. The molecule has 0 bridgehead atoms. The normalized spacial score (nSPS) is 17.2. The van der Waals surface area contributed by atoms with E-state index in [4.69, 9.17) is 15.7 Å². The molecular formula is C36H35FN6O2S. The van der Waals surface area contributed by atoms with Gasteiger partial charge in [-0.15, -0.1) is 11.3 Å². The summed E-state index contributed by atoms with van der Waals surface area (Å²) in [6, 6.07) is 14.4. The first-order valence-corrected chi connectivity index (χ1v) is 16.6. The highest BCUT2D eigenvalue weighted by Crippen LogP contribution is 2.43. The highest BCUT2D eigenvalue weighted by molar-refractivity contribution is 7.22. The molecule has 7 rings (SSSR count). The van der Waals surface area contributed by atoms with E-state index in [1.54, 1.807) is 18.3 Å². The van der Waals surface area contributed by atoms with Gasteiger partial charge in [0.2, 0.25) is 0 Å². The summed E-state index contributed by atoms with van der Waals surface area (Å²) in [5.74, 6) is -0.169. The Morgan fingerprint density at radius 1 is 1.11 bits per heavy atom. The zero-order chi connectivity index (χ0) is 31.9. The van der Waals surface area contributed by atoms with Crippen LogP contribution in [0.3, 0.4) is 0 Å². The fourth-order valence-electron chi connectivity index (χ4n) is 6.75. The van der Waals surface area contributed by atoms with Gasteiger partial charge in [-0.3, -0.25) is 19.6 Å². The molecule has 0 saturated heterocycles. The van der Waals surface area contributed by atoms with Gasteiger partial charge in [0.05, 0.1) is 33.3 Å². The number of rotatable bonds is 9. The maximum Gasteiger partial charge on any atom is 0.254 e. The van der Waals surface area contributed by atoms with Crippen LogP contribution < -0.4 is 16.4 Å². The molecular weight excluding hydrogens is 600 g/mol. The van der Waals surface area contributed by atoms with E-state index < -0.39 is 5.91 Å². The number of carbonyl (C=O) groups excluding carboxylic acids is 2. The number of amides is 2. The van der Waals surface area contributed by atoms with Gasteiger partial charge in [-0.25, -0.2) is 9.37 Å². The number of aromatic nitrogens is 3. The van der Waals surface area contributed by atoms with Crippen LogP contribution in [0.4, 0.5) is 10.2 Å². The lowest BCUT2D eigenvalue weighted by molar-refractivity contribution is 0.0922. The molecule has 0 spiro atoms. The van der Waals surface area contributed by atoms with Crippen LogP contribution in [0.25, 0.3) is 20.5 Å². The standard InChI is InChI=1S/C36H35FN6O2S/c1-19(2)16-27-30(34(38)44)32(31-28(42-27)18-23(41-36(31)45)10-7-20-5-8-22(37)9-6-20)29-17-21-13-15-40-35(33(21)46-29)43-26-12-11-25-24(26)4-3-14-39-25/h3-6,8-9,13-15,17,19,23,26H,7,10-12,16,18H2,1-2H3,(H2,38,44)(H,40,43)(H,41,45)/t23-,26+/m0/s1. The van der Waals surface area contributed by atoms with Crippen LogP contribution >= 0.6 is 11.3 Å². The van der Waals surface area contributed by atoms with Gasteiger partial charge in [-0.05, 0) is 84.9 Å². The van der Waals surface area contributed by atoms with Crippen LogP contribution in [0.15, 0.2) is 60.9 Å². The maximum atomic E-state index is 13.9. The number of fused-ring (bicyclic) bond motifs is 3. The second-order valence-corrected chi connectivity index (χ2v) is 13.6. The number of anilines is 1. The third kappa shape index (κ3) is 5.73. The summed E-state index contributed by atoms with van der Waals surface area (Å²) in [6.45, 7) is 4.15. The van der Waals surface area contributed by atoms with Crippen molar-refractivity contribution in [3.8, 4) is 10.4 Å². The molecule has 0 unspecified atom stereocenters. The van der Waals surface area contributed by atoms with Crippen molar-refractivity contribution in [2.75, 3.05) is 5.32 Å². The van der Waals surface area contributed by atoms with Crippen LogP contribution in [0, 0.1) is 11.7 Å².